The van der Waals surface area contributed by atoms with Crippen LogP contribution in [0.2, 0.25) is 0 Å². The molecule has 0 fully saturated rings. The van der Waals surface area contributed by atoms with E-state index < -0.39 is 23.6 Å². The van der Waals surface area contributed by atoms with Crippen molar-refractivity contribution < 1.29 is 13.6 Å². The highest BCUT2D eigenvalue weighted by Gasteiger charge is 2.17. The van der Waals surface area contributed by atoms with E-state index in [1.807, 2.05) is 18.2 Å². The van der Waals surface area contributed by atoms with Gasteiger partial charge >= 0.3 is 0 Å². The predicted molar refractivity (Wildman–Crippen MR) is 95.9 cm³/mol. The number of aromatic nitrogens is 1. The van der Waals surface area contributed by atoms with Crippen molar-refractivity contribution in [2.75, 3.05) is 0 Å². The van der Waals surface area contributed by atoms with E-state index in [0.717, 1.165) is 23.1 Å². The second kappa shape index (κ2) is 7.07. The van der Waals surface area contributed by atoms with Gasteiger partial charge in [-0.25, -0.2) is 8.78 Å². The summed E-state index contributed by atoms with van der Waals surface area (Å²) in [5.41, 5.74) is 1.68. The molecule has 2 aromatic carbocycles. The molecule has 0 unspecified atom stereocenters. The summed E-state index contributed by atoms with van der Waals surface area (Å²) in [7, 11) is 0. The van der Waals surface area contributed by atoms with Crippen LogP contribution < -0.4 is 10.9 Å². The molecule has 1 amide bonds. The molecule has 1 aromatic heterocycles. The summed E-state index contributed by atoms with van der Waals surface area (Å²) in [6.07, 6.45) is -0.126. The Labute approximate surface area is 148 Å². The number of pyridine rings is 1. The summed E-state index contributed by atoms with van der Waals surface area (Å²) in [5, 5.41) is 3.52. The van der Waals surface area contributed by atoms with Crippen LogP contribution >= 0.6 is 0 Å². The number of rotatable bonds is 4. The SMILES string of the molecule is Cc1c(CC(=O)N[C@@H](C)c2ccc(F)cc2F)c(=O)[nH]c2ccccc12. The number of halogens is 2. The minimum atomic E-state index is -0.725. The monoisotopic (exact) mass is 356 g/mol. The third kappa shape index (κ3) is 3.49. The van der Waals surface area contributed by atoms with E-state index in [1.54, 1.807) is 19.9 Å². The predicted octanol–water partition coefficient (Wildman–Crippen LogP) is 3.53. The van der Waals surface area contributed by atoms with E-state index in [4.69, 9.17) is 0 Å². The maximum atomic E-state index is 13.8. The number of carbonyl (C=O) groups is 1. The van der Waals surface area contributed by atoms with Gasteiger partial charge in [-0.05, 0) is 31.5 Å². The first-order valence-corrected chi connectivity index (χ1v) is 8.21. The Bertz CT molecular complexity index is 1040. The van der Waals surface area contributed by atoms with Crippen molar-refractivity contribution >= 4 is 16.8 Å². The van der Waals surface area contributed by atoms with Gasteiger partial charge < -0.3 is 10.3 Å². The molecule has 1 atom stereocenters. The highest BCUT2D eigenvalue weighted by Crippen LogP contribution is 2.19. The van der Waals surface area contributed by atoms with Crippen LogP contribution in [0, 0.1) is 18.6 Å². The normalized spacial score (nSPS) is 12.2. The number of hydrogen-bond acceptors (Lipinski definition) is 2. The van der Waals surface area contributed by atoms with Crippen LogP contribution in [0.5, 0.6) is 0 Å². The molecular weight excluding hydrogens is 338 g/mol. The topological polar surface area (TPSA) is 62.0 Å². The first-order valence-electron chi connectivity index (χ1n) is 8.21. The Balaban J connectivity index is 1.82. The molecule has 0 spiro atoms. The van der Waals surface area contributed by atoms with Crippen molar-refractivity contribution in [1.29, 1.82) is 0 Å². The lowest BCUT2D eigenvalue weighted by Crippen LogP contribution is -2.31. The molecule has 6 heteroatoms. The van der Waals surface area contributed by atoms with Crippen LogP contribution in [-0.2, 0) is 11.2 Å². The van der Waals surface area contributed by atoms with Gasteiger partial charge in [-0.2, -0.15) is 0 Å². The minimum absolute atomic E-state index is 0.126. The Morgan fingerprint density at radius 1 is 1.19 bits per heavy atom. The Hall–Kier alpha value is -3.02. The van der Waals surface area contributed by atoms with Crippen LogP contribution in [0.4, 0.5) is 8.78 Å². The molecule has 0 radical (unpaired) electrons. The number of nitrogens with one attached hydrogen (secondary N) is 2. The average molecular weight is 356 g/mol. The summed E-state index contributed by atoms with van der Waals surface area (Å²) in [6.45, 7) is 3.40. The van der Waals surface area contributed by atoms with Gasteiger partial charge in [-0.1, -0.05) is 24.3 Å². The molecule has 0 aliphatic heterocycles. The Kier molecular flexibility index (Phi) is 4.84. The quantitative estimate of drug-likeness (QED) is 0.751. The maximum absolute atomic E-state index is 13.8. The van der Waals surface area contributed by atoms with Crippen molar-refractivity contribution in [3.05, 3.63) is 81.1 Å². The molecule has 26 heavy (non-hydrogen) atoms. The smallest absolute Gasteiger partial charge is 0.252 e. The van der Waals surface area contributed by atoms with Crippen LogP contribution in [-0.4, -0.2) is 10.9 Å². The summed E-state index contributed by atoms with van der Waals surface area (Å²) in [4.78, 5) is 27.4. The fourth-order valence-corrected chi connectivity index (χ4v) is 3.05. The summed E-state index contributed by atoms with van der Waals surface area (Å²) >= 11 is 0. The molecule has 0 bridgehead atoms. The van der Waals surface area contributed by atoms with E-state index in [2.05, 4.69) is 10.3 Å². The van der Waals surface area contributed by atoms with Crippen molar-refractivity contribution in [2.24, 2.45) is 0 Å². The number of fused-ring (bicyclic) bond motifs is 1. The number of aromatic amines is 1. The Morgan fingerprint density at radius 3 is 2.65 bits per heavy atom. The van der Waals surface area contributed by atoms with Gasteiger partial charge in [0.1, 0.15) is 11.6 Å². The largest absolute Gasteiger partial charge is 0.349 e. The molecule has 4 nitrogen and oxygen atoms in total. The third-order valence-electron chi connectivity index (χ3n) is 4.45. The summed E-state index contributed by atoms with van der Waals surface area (Å²) in [5.74, 6) is -1.81. The standard InChI is InChI=1S/C20H18F2N2O2/c1-11-14-5-3-4-6-18(14)24-20(26)16(11)10-19(25)23-12(2)15-8-7-13(21)9-17(15)22/h3-9,12H,10H2,1-2H3,(H,23,25)(H,24,26)/t12-/m0/s1. The molecule has 0 aliphatic rings. The van der Waals surface area contributed by atoms with Gasteiger partial charge in [-0.15, -0.1) is 0 Å². The van der Waals surface area contributed by atoms with Crippen LogP contribution in [0.25, 0.3) is 10.9 Å². The van der Waals surface area contributed by atoms with Crippen molar-refractivity contribution in [3.63, 3.8) is 0 Å². The molecule has 3 rings (SSSR count). The second-order valence-corrected chi connectivity index (χ2v) is 6.24. The number of carbonyl (C=O) groups excluding carboxylic acids is 1. The molecule has 0 saturated heterocycles. The molecule has 0 aliphatic carbocycles. The number of H-pyrrole nitrogens is 1. The summed E-state index contributed by atoms with van der Waals surface area (Å²) < 4.78 is 26.8. The van der Waals surface area contributed by atoms with Crippen molar-refractivity contribution in [3.8, 4) is 0 Å². The molecule has 0 saturated carbocycles. The number of benzene rings is 2. The van der Waals surface area contributed by atoms with Gasteiger partial charge in [-0.3, -0.25) is 9.59 Å². The molecular formula is C20H18F2N2O2. The van der Waals surface area contributed by atoms with E-state index in [-0.39, 0.29) is 17.5 Å². The molecule has 3 aromatic rings. The van der Waals surface area contributed by atoms with Gasteiger partial charge in [0.25, 0.3) is 5.56 Å². The van der Waals surface area contributed by atoms with Crippen LogP contribution in [0.3, 0.4) is 0 Å². The minimum Gasteiger partial charge on any atom is -0.349 e. The fraction of sp³-hybridized carbons (Fsp3) is 0.200. The molecule has 2 N–H and O–H groups in total. The number of hydrogen-bond donors (Lipinski definition) is 2. The van der Waals surface area contributed by atoms with E-state index >= 15 is 0 Å². The van der Waals surface area contributed by atoms with Gasteiger partial charge in [0.15, 0.2) is 0 Å². The summed E-state index contributed by atoms with van der Waals surface area (Å²) in [6, 6.07) is 9.91. The number of aryl methyl sites for hydroxylation is 1. The van der Waals surface area contributed by atoms with E-state index in [9.17, 15) is 18.4 Å². The lowest BCUT2D eigenvalue weighted by Gasteiger charge is -2.16. The number of para-hydroxylation sites is 1. The van der Waals surface area contributed by atoms with Crippen molar-refractivity contribution in [1.82, 2.24) is 10.3 Å². The fourth-order valence-electron chi connectivity index (χ4n) is 3.05. The highest BCUT2D eigenvalue weighted by molar-refractivity contribution is 5.85. The van der Waals surface area contributed by atoms with Gasteiger partial charge in [0.2, 0.25) is 5.91 Å². The molecule has 134 valence electrons. The number of amides is 1. The first-order chi connectivity index (χ1) is 12.4. The van der Waals surface area contributed by atoms with E-state index in [0.29, 0.717) is 11.1 Å². The van der Waals surface area contributed by atoms with Crippen LogP contribution in [0.15, 0.2) is 47.3 Å². The Morgan fingerprint density at radius 2 is 1.92 bits per heavy atom. The average Bonchev–Trinajstić information content (AvgIpc) is 2.58. The zero-order valence-electron chi connectivity index (χ0n) is 14.4. The lowest BCUT2D eigenvalue weighted by atomic mass is 10.0. The third-order valence-corrected chi connectivity index (χ3v) is 4.45. The zero-order chi connectivity index (χ0) is 18.8. The lowest BCUT2D eigenvalue weighted by molar-refractivity contribution is -0.121. The van der Waals surface area contributed by atoms with Gasteiger partial charge in [0.05, 0.1) is 12.5 Å². The molecule has 1 heterocycles. The highest BCUT2D eigenvalue weighted by atomic mass is 19.1. The zero-order valence-corrected chi connectivity index (χ0v) is 14.4. The maximum Gasteiger partial charge on any atom is 0.252 e. The van der Waals surface area contributed by atoms with Crippen molar-refractivity contribution in [2.45, 2.75) is 26.3 Å². The van der Waals surface area contributed by atoms with Crippen LogP contribution in [0.1, 0.15) is 29.7 Å². The second-order valence-electron chi connectivity index (χ2n) is 6.24. The first kappa shape index (κ1) is 17.8. The van der Waals surface area contributed by atoms with Gasteiger partial charge in [0, 0.05) is 28.1 Å². The van der Waals surface area contributed by atoms with E-state index in [1.165, 1.54) is 6.07 Å².